The molecule has 32 heavy (non-hydrogen) atoms. The summed E-state index contributed by atoms with van der Waals surface area (Å²) in [5.74, 6) is 0.347. The predicted octanol–water partition coefficient (Wildman–Crippen LogP) is 2.82. The largest absolute Gasteiger partial charge is 0.454 e. The molecule has 3 N–H and O–H groups in total. The highest BCUT2D eigenvalue weighted by Gasteiger charge is 2.30. The molecule has 1 aromatic heterocycles. The third-order valence-electron chi connectivity index (χ3n) is 5.89. The van der Waals surface area contributed by atoms with Gasteiger partial charge in [-0.05, 0) is 60.4 Å². The SMILES string of the molecule is CC(C)(C)[C@@H]1CCc2sc(C(=O)NNC(=O)CNC(=O)c3ccc4c(c3)OCO4)cc2C1. The third kappa shape index (κ3) is 4.88. The molecular weight excluding hydrogens is 430 g/mol. The number of ether oxygens (including phenoxy) is 2. The summed E-state index contributed by atoms with van der Waals surface area (Å²) in [6, 6.07) is 6.72. The lowest BCUT2D eigenvalue weighted by Gasteiger charge is -2.33. The lowest BCUT2D eigenvalue weighted by Crippen LogP contribution is -2.46. The molecule has 0 radical (unpaired) electrons. The number of amides is 3. The van der Waals surface area contributed by atoms with Crippen LogP contribution in [0.4, 0.5) is 0 Å². The van der Waals surface area contributed by atoms with Crippen molar-refractivity contribution in [2.24, 2.45) is 11.3 Å². The average molecular weight is 458 g/mol. The summed E-state index contributed by atoms with van der Waals surface area (Å²) in [6.45, 7) is 6.60. The number of hydrogen-bond donors (Lipinski definition) is 3. The Labute approximate surface area is 190 Å². The summed E-state index contributed by atoms with van der Waals surface area (Å²) >= 11 is 1.48. The molecule has 2 heterocycles. The van der Waals surface area contributed by atoms with E-state index in [9.17, 15) is 14.4 Å². The molecule has 0 fully saturated rings. The van der Waals surface area contributed by atoms with E-state index in [2.05, 4.69) is 36.9 Å². The zero-order chi connectivity index (χ0) is 22.9. The van der Waals surface area contributed by atoms with Crippen LogP contribution >= 0.6 is 11.3 Å². The summed E-state index contributed by atoms with van der Waals surface area (Å²) in [5.41, 5.74) is 6.60. The normalized spacial score (nSPS) is 16.8. The fourth-order valence-electron chi connectivity index (χ4n) is 3.91. The smallest absolute Gasteiger partial charge is 0.279 e. The number of benzene rings is 1. The number of nitrogens with one attached hydrogen (secondary N) is 3. The zero-order valence-corrected chi connectivity index (χ0v) is 19.2. The molecule has 1 aliphatic heterocycles. The fourth-order valence-corrected chi connectivity index (χ4v) is 5.01. The van der Waals surface area contributed by atoms with E-state index in [0.717, 1.165) is 19.3 Å². The number of hydrazine groups is 1. The van der Waals surface area contributed by atoms with Gasteiger partial charge in [0, 0.05) is 10.4 Å². The number of rotatable bonds is 4. The average Bonchev–Trinajstić information content (AvgIpc) is 3.40. The zero-order valence-electron chi connectivity index (χ0n) is 18.4. The Kier molecular flexibility index (Phi) is 6.10. The van der Waals surface area contributed by atoms with Crippen LogP contribution in [0.5, 0.6) is 11.5 Å². The van der Waals surface area contributed by atoms with E-state index >= 15 is 0 Å². The molecule has 1 atom stereocenters. The van der Waals surface area contributed by atoms with E-state index in [-0.39, 0.29) is 24.7 Å². The molecule has 1 aliphatic carbocycles. The fraction of sp³-hybridized carbons (Fsp3) is 0.435. The number of aryl methyl sites for hydroxylation is 1. The topological polar surface area (TPSA) is 106 Å². The molecule has 0 saturated carbocycles. The Morgan fingerprint density at radius 1 is 1.06 bits per heavy atom. The first-order chi connectivity index (χ1) is 15.2. The Bertz CT molecular complexity index is 1060. The molecule has 2 aromatic rings. The van der Waals surface area contributed by atoms with Crippen molar-refractivity contribution in [2.45, 2.75) is 40.0 Å². The second-order valence-electron chi connectivity index (χ2n) is 9.12. The number of carbonyl (C=O) groups is 3. The first-order valence-corrected chi connectivity index (χ1v) is 11.4. The van der Waals surface area contributed by atoms with Crippen LogP contribution < -0.4 is 25.6 Å². The first kappa shape index (κ1) is 22.1. The van der Waals surface area contributed by atoms with Crippen molar-refractivity contribution in [1.29, 1.82) is 0 Å². The van der Waals surface area contributed by atoms with Gasteiger partial charge in [-0.15, -0.1) is 11.3 Å². The molecule has 0 spiro atoms. The monoisotopic (exact) mass is 457 g/mol. The molecule has 1 aromatic carbocycles. The van der Waals surface area contributed by atoms with E-state index in [1.165, 1.54) is 21.8 Å². The van der Waals surface area contributed by atoms with Crippen LogP contribution in [0.2, 0.25) is 0 Å². The summed E-state index contributed by atoms with van der Waals surface area (Å²) in [4.78, 5) is 38.6. The van der Waals surface area contributed by atoms with Gasteiger partial charge in [-0.2, -0.15) is 0 Å². The van der Waals surface area contributed by atoms with Gasteiger partial charge >= 0.3 is 0 Å². The molecule has 3 amide bonds. The molecular formula is C23H27N3O5S. The van der Waals surface area contributed by atoms with E-state index in [0.29, 0.717) is 27.9 Å². The molecule has 2 aliphatic rings. The lowest BCUT2D eigenvalue weighted by atomic mass is 9.72. The van der Waals surface area contributed by atoms with Crippen LogP contribution in [-0.4, -0.2) is 31.1 Å². The minimum atomic E-state index is -0.526. The maximum atomic E-state index is 12.5. The van der Waals surface area contributed by atoms with Gasteiger partial charge in [0.05, 0.1) is 11.4 Å². The highest BCUT2D eigenvalue weighted by molar-refractivity contribution is 7.14. The van der Waals surface area contributed by atoms with Crippen molar-refractivity contribution in [3.63, 3.8) is 0 Å². The highest BCUT2D eigenvalue weighted by atomic mass is 32.1. The number of fused-ring (bicyclic) bond motifs is 2. The van der Waals surface area contributed by atoms with E-state index in [1.54, 1.807) is 18.2 Å². The van der Waals surface area contributed by atoms with E-state index < -0.39 is 11.8 Å². The van der Waals surface area contributed by atoms with Crippen molar-refractivity contribution >= 4 is 29.1 Å². The Balaban J connectivity index is 1.25. The molecule has 0 unspecified atom stereocenters. The van der Waals surface area contributed by atoms with Crippen LogP contribution in [0.3, 0.4) is 0 Å². The van der Waals surface area contributed by atoms with Crippen LogP contribution in [0, 0.1) is 11.3 Å². The second kappa shape index (κ2) is 8.82. The van der Waals surface area contributed by atoms with Gasteiger partial charge < -0.3 is 14.8 Å². The highest BCUT2D eigenvalue weighted by Crippen LogP contribution is 2.40. The van der Waals surface area contributed by atoms with Crippen molar-refractivity contribution in [1.82, 2.24) is 16.2 Å². The van der Waals surface area contributed by atoms with Gasteiger partial charge in [0.15, 0.2) is 11.5 Å². The molecule has 0 bridgehead atoms. The van der Waals surface area contributed by atoms with Crippen LogP contribution in [0.25, 0.3) is 0 Å². The van der Waals surface area contributed by atoms with Crippen molar-refractivity contribution in [2.75, 3.05) is 13.3 Å². The van der Waals surface area contributed by atoms with Gasteiger partial charge in [0.1, 0.15) is 0 Å². The van der Waals surface area contributed by atoms with Crippen LogP contribution in [0.15, 0.2) is 24.3 Å². The molecule has 9 heteroatoms. The lowest BCUT2D eigenvalue weighted by molar-refractivity contribution is -0.120. The van der Waals surface area contributed by atoms with Gasteiger partial charge in [-0.25, -0.2) is 0 Å². The second-order valence-corrected chi connectivity index (χ2v) is 10.3. The van der Waals surface area contributed by atoms with Gasteiger partial charge in [0.25, 0.3) is 17.7 Å². The van der Waals surface area contributed by atoms with Crippen molar-refractivity contribution in [3.8, 4) is 11.5 Å². The summed E-state index contributed by atoms with van der Waals surface area (Å²) < 4.78 is 10.5. The maximum absolute atomic E-state index is 12.5. The maximum Gasteiger partial charge on any atom is 0.279 e. The standard InChI is InChI=1S/C23H27N3O5S/c1-23(2,3)15-5-7-18-14(8-15)10-19(32-18)22(29)26-25-20(27)11-24-21(28)13-4-6-16-17(9-13)31-12-30-16/h4,6,9-10,15H,5,7-8,11-12H2,1-3H3,(H,24,28)(H,25,27)(H,26,29)/t15-/m1/s1. The number of carbonyl (C=O) groups excluding carboxylic acids is 3. The van der Waals surface area contributed by atoms with Gasteiger partial charge in [-0.3, -0.25) is 25.2 Å². The number of thiophene rings is 1. The minimum Gasteiger partial charge on any atom is -0.454 e. The summed E-state index contributed by atoms with van der Waals surface area (Å²) in [6.07, 6.45) is 3.08. The van der Waals surface area contributed by atoms with Crippen molar-refractivity contribution < 1.29 is 23.9 Å². The quantitative estimate of drug-likeness (QED) is 0.613. The van der Waals surface area contributed by atoms with Crippen LogP contribution in [0.1, 0.15) is 57.7 Å². The molecule has 8 nitrogen and oxygen atoms in total. The Hall–Kier alpha value is -3.07. The summed E-state index contributed by atoms with van der Waals surface area (Å²) in [5, 5.41) is 2.52. The Morgan fingerprint density at radius 2 is 1.84 bits per heavy atom. The number of hydrogen-bond acceptors (Lipinski definition) is 6. The molecule has 170 valence electrons. The minimum absolute atomic E-state index is 0.118. The van der Waals surface area contributed by atoms with Gasteiger partial charge in [-0.1, -0.05) is 20.8 Å². The Morgan fingerprint density at radius 3 is 2.62 bits per heavy atom. The summed E-state index contributed by atoms with van der Waals surface area (Å²) in [7, 11) is 0. The predicted molar refractivity (Wildman–Crippen MR) is 120 cm³/mol. The van der Waals surface area contributed by atoms with E-state index in [1.807, 2.05) is 6.07 Å². The molecule has 0 saturated heterocycles. The third-order valence-corrected chi connectivity index (χ3v) is 7.13. The van der Waals surface area contributed by atoms with E-state index in [4.69, 9.17) is 9.47 Å². The first-order valence-electron chi connectivity index (χ1n) is 10.6. The van der Waals surface area contributed by atoms with Crippen LogP contribution in [-0.2, 0) is 17.6 Å². The van der Waals surface area contributed by atoms with Gasteiger partial charge in [0.2, 0.25) is 6.79 Å². The molecule has 4 rings (SSSR count). The van der Waals surface area contributed by atoms with Crippen molar-refractivity contribution in [3.05, 3.63) is 45.1 Å².